The van der Waals surface area contributed by atoms with Gasteiger partial charge in [0.2, 0.25) is 0 Å². The summed E-state index contributed by atoms with van der Waals surface area (Å²) in [6, 6.07) is 4.03. The SMILES string of the molecule is CN=C(NCCC(C)C)NCc1ccc(-n2ccnc2)nc1.I. The molecule has 0 aliphatic heterocycles. The van der Waals surface area contributed by atoms with Crippen molar-refractivity contribution in [2.75, 3.05) is 13.6 Å². The van der Waals surface area contributed by atoms with Crippen LogP contribution in [-0.2, 0) is 6.54 Å². The lowest BCUT2D eigenvalue weighted by Crippen LogP contribution is -2.37. The van der Waals surface area contributed by atoms with Crippen molar-refractivity contribution in [3.05, 3.63) is 42.6 Å². The first-order chi connectivity index (χ1) is 10.7. The number of nitrogens with one attached hydrogen (secondary N) is 2. The molecule has 0 aliphatic rings. The summed E-state index contributed by atoms with van der Waals surface area (Å²) in [6.07, 6.45) is 8.34. The molecule has 2 heterocycles. The Morgan fingerprint density at radius 3 is 2.70 bits per heavy atom. The van der Waals surface area contributed by atoms with Crippen LogP contribution in [0.15, 0.2) is 42.0 Å². The van der Waals surface area contributed by atoms with E-state index in [1.807, 2.05) is 23.0 Å². The molecule has 0 bridgehead atoms. The van der Waals surface area contributed by atoms with Gasteiger partial charge in [-0.3, -0.25) is 9.56 Å². The summed E-state index contributed by atoms with van der Waals surface area (Å²) in [5.41, 5.74) is 1.11. The summed E-state index contributed by atoms with van der Waals surface area (Å²) < 4.78 is 1.88. The molecular formula is C16H25IN6. The molecule has 0 saturated carbocycles. The Balaban J connectivity index is 0.00000264. The Labute approximate surface area is 154 Å². The van der Waals surface area contributed by atoms with E-state index in [4.69, 9.17) is 0 Å². The average molecular weight is 428 g/mol. The van der Waals surface area contributed by atoms with Crippen molar-refractivity contribution in [2.24, 2.45) is 10.9 Å². The van der Waals surface area contributed by atoms with Gasteiger partial charge in [-0.15, -0.1) is 24.0 Å². The van der Waals surface area contributed by atoms with Crippen LogP contribution in [0.3, 0.4) is 0 Å². The summed E-state index contributed by atoms with van der Waals surface area (Å²) >= 11 is 0. The van der Waals surface area contributed by atoms with E-state index in [9.17, 15) is 0 Å². The largest absolute Gasteiger partial charge is 0.356 e. The highest BCUT2D eigenvalue weighted by Crippen LogP contribution is 2.05. The van der Waals surface area contributed by atoms with Crippen molar-refractivity contribution in [1.29, 1.82) is 0 Å². The highest BCUT2D eigenvalue weighted by Gasteiger charge is 2.01. The maximum absolute atomic E-state index is 4.43. The highest BCUT2D eigenvalue weighted by atomic mass is 127. The molecule has 2 N–H and O–H groups in total. The molecule has 0 atom stereocenters. The fourth-order valence-electron chi connectivity index (χ4n) is 1.95. The number of hydrogen-bond acceptors (Lipinski definition) is 3. The number of aliphatic imine (C=N–C) groups is 1. The van der Waals surface area contributed by atoms with Crippen LogP contribution in [0.4, 0.5) is 0 Å². The van der Waals surface area contributed by atoms with Crippen molar-refractivity contribution in [1.82, 2.24) is 25.2 Å². The number of pyridine rings is 1. The van der Waals surface area contributed by atoms with E-state index in [-0.39, 0.29) is 24.0 Å². The predicted octanol–water partition coefficient (Wildman–Crippen LogP) is 2.60. The molecule has 23 heavy (non-hydrogen) atoms. The molecular weight excluding hydrogens is 403 g/mol. The van der Waals surface area contributed by atoms with Gasteiger partial charge in [0, 0.05) is 38.7 Å². The second kappa shape index (κ2) is 10.2. The Bertz CT molecular complexity index is 577. The van der Waals surface area contributed by atoms with Crippen LogP contribution in [0.5, 0.6) is 0 Å². The quantitative estimate of drug-likeness (QED) is 0.422. The normalized spacial score (nSPS) is 11.2. The van der Waals surface area contributed by atoms with Crippen molar-refractivity contribution >= 4 is 29.9 Å². The van der Waals surface area contributed by atoms with Gasteiger partial charge in [-0.1, -0.05) is 19.9 Å². The molecule has 0 unspecified atom stereocenters. The Kier molecular flexibility index (Phi) is 8.60. The molecule has 0 aliphatic carbocycles. The first kappa shape index (κ1) is 19.4. The van der Waals surface area contributed by atoms with Gasteiger partial charge in [0.25, 0.3) is 0 Å². The first-order valence-corrected chi connectivity index (χ1v) is 7.57. The van der Waals surface area contributed by atoms with E-state index in [1.165, 1.54) is 0 Å². The monoisotopic (exact) mass is 428 g/mol. The molecule has 2 aromatic heterocycles. The van der Waals surface area contributed by atoms with Crippen LogP contribution in [0.25, 0.3) is 5.82 Å². The Morgan fingerprint density at radius 2 is 2.13 bits per heavy atom. The van der Waals surface area contributed by atoms with Crippen molar-refractivity contribution in [2.45, 2.75) is 26.8 Å². The molecule has 2 aromatic rings. The molecule has 126 valence electrons. The molecule has 0 spiro atoms. The summed E-state index contributed by atoms with van der Waals surface area (Å²) in [5.74, 6) is 2.37. The van der Waals surface area contributed by atoms with Crippen LogP contribution in [0.2, 0.25) is 0 Å². The van der Waals surface area contributed by atoms with Crippen LogP contribution >= 0.6 is 24.0 Å². The lowest BCUT2D eigenvalue weighted by Gasteiger charge is -2.13. The number of rotatable bonds is 6. The topological polar surface area (TPSA) is 67.1 Å². The van der Waals surface area contributed by atoms with Crippen molar-refractivity contribution in [3.63, 3.8) is 0 Å². The van der Waals surface area contributed by atoms with E-state index in [0.29, 0.717) is 12.5 Å². The Hall–Kier alpha value is -1.64. The fourth-order valence-corrected chi connectivity index (χ4v) is 1.95. The maximum Gasteiger partial charge on any atom is 0.191 e. The zero-order chi connectivity index (χ0) is 15.8. The third-order valence-corrected chi connectivity index (χ3v) is 3.28. The minimum Gasteiger partial charge on any atom is -0.356 e. The number of halogens is 1. The molecule has 2 rings (SSSR count). The standard InChI is InChI=1S/C16H24N6.HI/c1-13(2)6-7-19-16(17-3)21-11-14-4-5-15(20-10-14)22-9-8-18-12-22;/h4-5,8-10,12-13H,6-7,11H2,1-3H3,(H2,17,19,21);1H. The average Bonchev–Trinajstić information content (AvgIpc) is 3.05. The molecule has 7 heteroatoms. The minimum absolute atomic E-state index is 0. The van der Waals surface area contributed by atoms with Gasteiger partial charge < -0.3 is 10.6 Å². The lowest BCUT2D eigenvalue weighted by molar-refractivity contribution is 0.573. The first-order valence-electron chi connectivity index (χ1n) is 7.57. The zero-order valence-electron chi connectivity index (χ0n) is 13.9. The van der Waals surface area contributed by atoms with Gasteiger partial charge in [0.15, 0.2) is 5.96 Å². The van der Waals surface area contributed by atoms with Crippen molar-refractivity contribution < 1.29 is 0 Å². The van der Waals surface area contributed by atoms with E-state index >= 15 is 0 Å². The Morgan fingerprint density at radius 1 is 1.30 bits per heavy atom. The van der Waals surface area contributed by atoms with Gasteiger partial charge in [0.05, 0.1) is 0 Å². The highest BCUT2D eigenvalue weighted by molar-refractivity contribution is 14.0. The van der Waals surface area contributed by atoms with Gasteiger partial charge in [0.1, 0.15) is 12.1 Å². The molecule has 0 saturated heterocycles. The lowest BCUT2D eigenvalue weighted by atomic mass is 10.1. The molecule has 0 amide bonds. The number of guanidine groups is 1. The number of imidazole rings is 1. The third-order valence-electron chi connectivity index (χ3n) is 3.28. The van der Waals surface area contributed by atoms with E-state index in [0.717, 1.165) is 30.3 Å². The van der Waals surface area contributed by atoms with Crippen molar-refractivity contribution in [3.8, 4) is 5.82 Å². The smallest absolute Gasteiger partial charge is 0.191 e. The molecule has 0 radical (unpaired) electrons. The second-order valence-corrected chi connectivity index (χ2v) is 5.53. The molecule has 0 aromatic carbocycles. The van der Waals surface area contributed by atoms with Gasteiger partial charge in [-0.25, -0.2) is 9.97 Å². The summed E-state index contributed by atoms with van der Waals surface area (Å²) in [6.45, 7) is 6.05. The summed E-state index contributed by atoms with van der Waals surface area (Å²) in [4.78, 5) is 12.7. The number of nitrogens with zero attached hydrogens (tertiary/aromatic N) is 4. The van der Waals surface area contributed by atoms with Crippen LogP contribution < -0.4 is 10.6 Å². The predicted molar refractivity (Wildman–Crippen MR) is 104 cm³/mol. The maximum atomic E-state index is 4.43. The minimum atomic E-state index is 0. The van der Waals surface area contributed by atoms with Gasteiger partial charge in [-0.05, 0) is 24.0 Å². The van der Waals surface area contributed by atoms with Crippen LogP contribution in [-0.4, -0.2) is 34.1 Å². The fraction of sp³-hybridized carbons (Fsp3) is 0.438. The van der Waals surface area contributed by atoms with Crippen LogP contribution in [0, 0.1) is 5.92 Å². The van der Waals surface area contributed by atoms with E-state index < -0.39 is 0 Å². The number of hydrogen-bond donors (Lipinski definition) is 2. The van der Waals surface area contributed by atoms with Gasteiger partial charge >= 0.3 is 0 Å². The second-order valence-electron chi connectivity index (χ2n) is 5.53. The molecule has 0 fully saturated rings. The van der Waals surface area contributed by atoms with E-state index in [2.05, 4.69) is 45.5 Å². The van der Waals surface area contributed by atoms with Gasteiger partial charge in [-0.2, -0.15) is 0 Å². The van der Waals surface area contributed by atoms with Crippen LogP contribution in [0.1, 0.15) is 25.8 Å². The third kappa shape index (κ3) is 6.55. The van der Waals surface area contributed by atoms with E-state index in [1.54, 1.807) is 19.6 Å². The summed E-state index contributed by atoms with van der Waals surface area (Å²) in [5, 5.41) is 6.60. The number of aromatic nitrogens is 3. The molecule has 6 nitrogen and oxygen atoms in total. The summed E-state index contributed by atoms with van der Waals surface area (Å²) in [7, 11) is 1.78. The zero-order valence-corrected chi connectivity index (χ0v) is 16.2.